The van der Waals surface area contributed by atoms with E-state index in [4.69, 9.17) is 4.74 Å². The molecule has 1 rings (SSSR count). The maximum Gasteiger partial charge on any atom is 0.224 e. The van der Waals surface area contributed by atoms with Crippen LogP contribution < -0.4 is 5.32 Å². The number of ether oxygens (including phenoxy) is 1. The summed E-state index contributed by atoms with van der Waals surface area (Å²) in [5.41, 5.74) is 0.491. The summed E-state index contributed by atoms with van der Waals surface area (Å²) >= 11 is 0. The Morgan fingerprint density at radius 2 is 1.77 bits per heavy atom. The molecule has 0 aliphatic rings. The van der Waals surface area contributed by atoms with Gasteiger partial charge in [0.05, 0.1) is 5.60 Å². The lowest BCUT2D eigenvalue weighted by molar-refractivity contribution is -0.121. The molecule has 0 saturated heterocycles. The largest absolute Gasteiger partial charge is 0.385 e. The third-order valence-electron chi connectivity index (χ3n) is 4.97. The van der Waals surface area contributed by atoms with Crippen LogP contribution in [0, 0.1) is 0 Å². The number of nitrogens with one attached hydrogen (secondary N) is 1. The van der Waals surface area contributed by atoms with Crippen LogP contribution in [0.5, 0.6) is 0 Å². The number of rotatable bonds is 17. The zero-order chi connectivity index (χ0) is 23.1. The number of Topliss-reactive ketones (excluding diaryl/α,β-unsaturated/α-hetero) is 2. The van der Waals surface area contributed by atoms with Crippen molar-refractivity contribution in [2.24, 2.45) is 0 Å². The van der Waals surface area contributed by atoms with Gasteiger partial charge < -0.3 is 15.2 Å². The Morgan fingerprint density at radius 1 is 1.10 bits per heavy atom. The van der Waals surface area contributed by atoms with Gasteiger partial charge in [0.2, 0.25) is 5.91 Å². The number of aryl methyl sites for hydroxylation is 1. The summed E-state index contributed by atoms with van der Waals surface area (Å²) in [6, 6.07) is 7.40. The van der Waals surface area contributed by atoms with Crippen LogP contribution in [0.1, 0.15) is 70.8 Å². The molecule has 0 aromatic heterocycles. The molecule has 0 spiro atoms. The fourth-order valence-electron chi connectivity index (χ4n) is 3.22. The second kappa shape index (κ2) is 14.7. The molecule has 1 amide bonds. The smallest absolute Gasteiger partial charge is 0.224 e. The highest BCUT2D eigenvalue weighted by Gasteiger charge is 2.24. The predicted molar refractivity (Wildman–Crippen MR) is 123 cm³/mol. The first-order valence-corrected chi connectivity index (χ1v) is 11.1. The lowest BCUT2D eigenvalue weighted by Crippen LogP contribution is -2.29. The van der Waals surface area contributed by atoms with Gasteiger partial charge in [-0.25, -0.2) is 0 Å². The number of carbonyl (C=O) groups excluding carboxylic acids is 3. The maximum absolute atomic E-state index is 12.1. The van der Waals surface area contributed by atoms with Crippen molar-refractivity contribution in [3.8, 4) is 0 Å². The molecular formula is C25H37NO5. The number of hydrogen-bond acceptors (Lipinski definition) is 5. The quantitative estimate of drug-likeness (QED) is 0.282. The summed E-state index contributed by atoms with van der Waals surface area (Å²) in [6.07, 6.45) is 5.94. The highest BCUT2D eigenvalue weighted by Crippen LogP contribution is 2.21. The molecule has 6 nitrogen and oxygen atoms in total. The van der Waals surface area contributed by atoms with E-state index in [1.807, 2.05) is 31.2 Å². The Bertz CT molecular complexity index is 713. The van der Waals surface area contributed by atoms with E-state index in [1.54, 1.807) is 0 Å². The lowest BCUT2D eigenvalue weighted by Gasteiger charge is -2.23. The molecule has 0 radical (unpaired) electrons. The van der Waals surface area contributed by atoms with Crippen molar-refractivity contribution in [1.82, 2.24) is 0 Å². The molecule has 1 aromatic rings. The number of anilines is 1. The van der Waals surface area contributed by atoms with Gasteiger partial charge in [0.1, 0.15) is 11.6 Å². The van der Waals surface area contributed by atoms with Crippen molar-refractivity contribution < 1.29 is 24.2 Å². The van der Waals surface area contributed by atoms with Crippen LogP contribution in [0.3, 0.4) is 0 Å². The van der Waals surface area contributed by atoms with E-state index in [1.165, 1.54) is 13.0 Å². The number of hydrogen-bond donors (Lipinski definition) is 2. The van der Waals surface area contributed by atoms with E-state index in [0.29, 0.717) is 50.8 Å². The van der Waals surface area contributed by atoms with Gasteiger partial charge in [-0.15, -0.1) is 6.58 Å². The molecule has 172 valence electrons. The van der Waals surface area contributed by atoms with E-state index in [-0.39, 0.29) is 23.9 Å². The Labute approximate surface area is 186 Å². The number of amides is 1. The average Bonchev–Trinajstić information content (AvgIpc) is 2.72. The van der Waals surface area contributed by atoms with Gasteiger partial charge in [-0.2, -0.15) is 0 Å². The van der Waals surface area contributed by atoms with Crippen LogP contribution in [0.4, 0.5) is 5.69 Å². The van der Waals surface area contributed by atoms with Crippen LogP contribution in [0.2, 0.25) is 0 Å². The first-order chi connectivity index (χ1) is 14.8. The molecule has 0 heterocycles. The average molecular weight is 432 g/mol. The summed E-state index contributed by atoms with van der Waals surface area (Å²) < 4.78 is 5.36. The summed E-state index contributed by atoms with van der Waals surface area (Å²) in [6.45, 7) is 8.47. The summed E-state index contributed by atoms with van der Waals surface area (Å²) in [4.78, 5) is 35.2. The summed E-state index contributed by atoms with van der Waals surface area (Å²) in [5, 5.41) is 13.2. The summed E-state index contributed by atoms with van der Waals surface area (Å²) in [5.74, 6) is -0.0287. The van der Waals surface area contributed by atoms with Gasteiger partial charge in [0, 0.05) is 44.6 Å². The van der Waals surface area contributed by atoms with Gasteiger partial charge >= 0.3 is 0 Å². The monoisotopic (exact) mass is 431 g/mol. The molecule has 1 atom stereocenters. The Kier molecular flexibility index (Phi) is 12.6. The number of aliphatic hydroxyl groups is 1. The van der Waals surface area contributed by atoms with Gasteiger partial charge in [-0.05, 0) is 56.7 Å². The zero-order valence-corrected chi connectivity index (χ0v) is 19.0. The minimum atomic E-state index is -1.20. The molecular weight excluding hydrogens is 394 g/mol. The Balaban J connectivity index is 2.31. The third-order valence-corrected chi connectivity index (χ3v) is 4.97. The number of carbonyl (C=O) groups is 3. The molecule has 0 bridgehead atoms. The zero-order valence-electron chi connectivity index (χ0n) is 19.0. The fourth-order valence-corrected chi connectivity index (χ4v) is 3.22. The molecule has 0 fully saturated rings. The molecule has 1 unspecified atom stereocenters. The van der Waals surface area contributed by atoms with Crippen molar-refractivity contribution in [2.75, 3.05) is 18.5 Å². The SMILES string of the molecule is C=CC(O)(CCc1ccc(NC(=O)CCCC(=O)CCCOCCC)cc1)CC(C)=O. The second-order valence-electron chi connectivity index (χ2n) is 8.04. The van der Waals surface area contributed by atoms with Crippen molar-refractivity contribution >= 4 is 23.2 Å². The molecule has 0 saturated carbocycles. The number of benzene rings is 1. The molecule has 6 heteroatoms. The van der Waals surface area contributed by atoms with E-state index < -0.39 is 5.60 Å². The molecule has 31 heavy (non-hydrogen) atoms. The predicted octanol–water partition coefficient (Wildman–Crippen LogP) is 4.40. The molecule has 0 aliphatic heterocycles. The molecule has 0 aliphatic carbocycles. The van der Waals surface area contributed by atoms with E-state index in [0.717, 1.165) is 25.0 Å². The van der Waals surface area contributed by atoms with E-state index >= 15 is 0 Å². The van der Waals surface area contributed by atoms with Crippen LogP contribution in [-0.4, -0.2) is 41.4 Å². The van der Waals surface area contributed by atoms with Gasteiger partial charge in [0.15, 0.2) is 0 Å². The van der Waals surface area contributed by atoms with E-state index in [2.05, 4.69) is 11.9 Å². The lowest BCUT2D eigenvalue weighted by atomic mass is 9.90. The van der Waals surface area contributed by atoms with Crippen LogP contribution in [-0.2, 0) is 25.5 Å². The third kappa shape index (κ3) is 12.2. The fraction of sp³-hybridized carbons (Fsp3) is 0.560. The van der Waals surface area contributed by atoms with E-state index in [9.17, 15) is 19.5 Å². The highest BCUT2D eigenvalue weighted by molar-refractivity contribution is 5.91. The number of ketones is 2. The summed E-state index contributed by atoms with van der Waals surface area (Å²) in [7, 11) is 0. The van der Waals surface area contributed by atoms with Crippen LogP contribution >= 0.6 is 0 Å². The van der Waals surface area contributed by atoms with Crippen LogP contribution in [0.25, 0.3) is 0 Å². The van der Waals surface area contributed by atoms with Crippen molar-refractivity contribution in [2.45, 2.75) is 77.2 Å². The topological polar surface area (TPSA) is 92.7 Å². The maximum atomic E-state index is 12.1. The van der Waals surface area contributed by atoms with Gasteiger partial charge in [-0.3, -0.25) is 14.4 Å². The first-order valence-electron chi connectivity index (χ1n) is 11.1. The molecule has 1 aromatic carbocycles. The minimum absolute atomic E-state index is 0.0553. The van der Waals surface area contributed by atoms with Crippen molar-refractivity contribution in [3.05, 3.63) is 42.5 Å². The molecule has 2 N–H and O–H groups in total. The van der Waals surface area contributed by atoms with Gasteiger partial charge in [-0.1, -0.05) is 25.1 Å². The van der Waals surface area contributed by atoms with Crippen molar-refractivity contribution in [1.29, 1.82) is 0 Å². The normalized spacial score (nSPS) is 12.7. The van der Waals surface area contributed by atoms with Gasteiger partial charge in [0.25, 0.3) is 0 Å². The van der Waals surface area contributed by atoms with Crippen molar-refractivity contribution in [3.63, 3.8) is 0 Å². The second-order valence-corrected chi connectivity index (χ2v) is 8.04. The first kappa shape index (κ1) is 26.7. The van der Waals surface area contributed by atoms with Crippen LogP contribution in [0.15, 0.2) is 36.9 Å². The minimum Gasteiger partial charge on any atom is -0.385 e. The standard InChI is InChI=1S/C25H37NO5/c1-4-17-31-18-7-9-23(28)8-6-10-24(29)26-22-13-11-21(12-14-22)15-16-25(30,5-2)19-20(3)27/h5,11-14,30H,2,4,6-10,15-19H2,1,3H3,(H,26,29). The highest BCUT2D eigenvalue weighted by atomic mass is 16.5. The Hall–Kier alpha value is -2.31. The Morgan fingerprint density at radius 3 is 2.39 bits per heavy atom.